The Morgan fingerprint density at radius 2 is 1.96 bits per heavy atom. The summed E-state index contributed by atoms with van der Waals surface area (Å²) < 4.78 is 9.91. The van der Waals surface area contributed by atoms with E-state index in [0.717, 1.165) is 5.56 Å². The molecule has 0 aliphatic heterocycles. The van der Waals surface area contributed by atoms with Gasteiger partial charge < -0.3 is 14.6 Å². The summed E-state index contributed by atoms with van der Waals surface area (Å²) in [6.07, 6.45) is 0.154. The van der Waals surface area contributed by atoms with Gasteiger partial charge in [0.25, 0.3) is 5.91 Å². The van der Waals surface area contributed by atoms with Gasteiger partial charge in [-0.1, -0.05) is 23.4 Å². The van der Waals surface area contributed by atoms with Gasteiger partial charge in [0.2, 0.25) is 11.7 Å². The Balaban J connectivity index is 1.36. The average Bonchev–Trinajstić information content (AvgIpc) is 3.37. The summed E-state index contributed by atoms with van der Waals surface area (Å²) >= 11 is 1.51. The van der Waals surface area contributed by atoms with E-state index < -0.39 is 24.5 Å². The van der Waals surface area contributed by atoms with E-state index in [0.29, 0.717) is 17.4 Å². The highest BCUT2D eigenvalue weighted by Gasteiger charge is 2.14. The lowest BCUT2D eigenvalue weighted by molar-refractivity contribution is -0.148. The number of thiophene rings is 1. The third-order valence-corrected chi connectivity index (χ3v) is 4.12. The molecular weight excluding hydrogens is 384 g/mol. The quantitative estimate of drug-likeness (QED) is 0.584. The van der Waals surface area contributed by atoms with E-state index in [1.54, 1.807) is 30.3 Å². The van der Waals surface area contributed by atoms with E-state index in [4.69, 9.17) is 9.26 Å². The van der Waals surface area contributed by atoms with Crippen LogP contribution in [0.1, 0.15) is 12.3 Å². The SMILES string of the molecule is O=C(COC(=O)CCc1nc(-c2ccsc2)no1)NC(=O)Nc1ccccc1. The molecule has 10 heteroatoms. The number of hydrogen-bond acceptors (Lipinski definition) is 8. The van der Waals surface area contributed by atoms with Gasteiger partial charge in [0.05, 0.1) is 6.42 Å². The van der Waals surface area contributed by atoms with Gasteiger partial charge in [-0.15, -0.1) is 0 Å². The van der Waals surface area contributed by atoms with Gasteiger partial charge in [0.1, 0.15) is 0 Å². The monoisotopic (exact) mass is 400 g/mol. The van der Waals surface area contributed by atoms with E-state index in [2.05, 4.69) is 20.8 Å². The molecule has 3 amide bonds. The van der Waals surface area contributed by atoms with Crippen molar-refractivity contribution in [2.75, 3.05) is 11.9 Å². The minimum atomic E-state index is -0.737. The van der Waals surface area contributed by atoms with Gasteiger partial charge in [-0.3, -0.25) is 14.9 Å². The number of nitrogens with zero attached hydrogens (tertiary/aromatic N) is 2. The van der Waals surface area contributed by atoms with Gasteiger partial charge >= 0.3 is 12.0 Å². The minimum absolute atomic E-state index is 0.0330. The molecular formula is C18H16N4O5S. The van der Waals surface area contributed by atoms with Crippen molar-refractivity contribution in [1.82, 2.24) is 15.5 Å². The molecule has 144 valence electrons. The number of benzene rings is 1. The molecule has 3 rings (SSSR count). The molecule has 0 aliphatic carbocycles. The van der Waals surface area contributed by atoms with Crippen molar-refractivity contribution < 1.29 is 23.6 Å². The van der Waals surface area contributed by atoms with E-state index >= 15 is 0 Å². The number of anilines is 1. The van der Waals surface area contributed by atoms with Crippen molar-refractivity contribution in [2.24, 2.45) is 0 Å². The first kappa shape index (κ1) is 19.2. The number of urea groups is 1. The zero-order valence-corrected chi connectivity index (χ0v) is 15.4. The van der Waals surface area contributed by atoms with Gasteiger partial charge in [-0.2, -0.15) is 16.3 Å². The van der Waals surface area contributed by atoms with Crippen LogP contribution in [0.5, 0.6) is 0 Å². The van der Waals surface area contributed by atoms with Gasteiger partial charge in [0, 0.05) is 23.1 Å². The number of rotatable bonds is 7. The fourth-order valence-corrected chi connectivity index (χ4v) is 2.77. The lowest BCUT2D eigenvalue weighted by Gasteiger charge is -2.07. The van der Waals surface area contributed by atoms with Gasteiger partial charge in [-0.05, 0) is 23.6 Å². The molecule has 0 spiro atoms. The summed E-state index contributed by atoms with van der Waals surface area (Å²) in [4.78, 5) is 39.3. The second-order valence-electron chi connectivity index (χ2n) is 5.55. The molecule has 0 bridgehead atoms. The zero-order valence-electron chi connectivity index (χ0n) is 14.6. The van der Waals surface area contributed by atoms with Crippen LogP contribution in [0.3, 0.4) is 0 Å². The Labute approximate surface area is 163 Å². The molecule has 0 unspecified atom stereocenters. The van der Waals surface area contributed by atoms with Crippen LogP contribution in [0.15, 0.2) is 51.7 Å². The molecule has 2 heterocycles. The molecule has 0 saturated carbocycles. The fourth-order valence-electron chi connectivity index (χ4n) is 2.14. The van der Waals surface area contributed by atoms with Crippen LogP contribution in [0.2, 0.25) is 0 Å². The molecule has 9 nitrogen and oxygen atoms in total. The molecule has 1 aromatic carbocycles. The molecule has 2 aromatic heterocycles. The summed E-state index contributed by atoms with van der Waals surface area (Å²) in [5.41, 5.74) is 1.37. The summed E-state index contributed by atoms with van der Waals surface area (Å²) in [7, 11) is 0. The maximum absolute atomic E-state index is 11.7. The highest BCUT2D eigenvalue weighted by Crippen LogP contribution is 2.19. The molecule has 0 saturated heterocycles. The standard InChI is InChI=1S/C18H16N4O5S/c23-14(20-18(25)19-13-4-2-1-3-5-13)10-26-16(24)7-6-15-21-17(22-27-15)12-8-9-28-11-12/h1-5,8-9,11H,6-7,10H2,(H2,19,20,23,25). The summed E-state index contributed by atoms with van der Waals surface area (Å²) in [6.45, 7) is -0.564. The Kier molecular flexibility index (Phi) is 6.47. The summed E-state index contributed by atoms with van der Waals surface area (Å²) in [5.74, 6) is -0.605. The van der Waals surface area contributed by atoms with Gasteiger partial charge in [-0.25, -0.2) is 4.79 Å². The number of imide groups is 1. The normalized spacial score (nSPS) is 10.3. The number of hydrogen-bond donors (Lipinski definition) is 2. The number of para-hydroxylation sites is 1. The Morgan fingerprint density at radius 3 is 2.71 bits per heavy atom. The predicted octanol–water partition coefficient (Wildman–Crippen LogP) is 2.62. The lowest BCUT2D eigenvalue weighted by Crippen LogP contribution is -2.37. The smallest absolute Gasteiger partial charge is 0.325 e. The number of carbonyl (C=O) groups is 3. The topological polar surface area (TPSA) is 123 Å². The first-order valence-corrected chi connectivity index (χ1v) is 9.21. The summed E-state index contributed by atoms with van der Waals surface area (Å²) in [6, 6.07) is 9.78. The zero-order chi connectivity index (χ0) is 19.8. The van der Waals surface area contributed by atoms with Crippen LogP contribution < -0.4 is 10.6 Å². The van der Waals surface area contributed by atoms with E-state index in [-0.39, 0.29) is 12.8 Å². The first-order valence-electron chi connectivity index (χ1n) is 8.27. The maximum Gasteiger partial charge on any atom is 0.325 e. The number of aryl methyl sites for hydroxylation is 1. The first-order chi connectivity index (χ1) is 13.6. The van der Waals surface area contributed by atoms with Crippen molar-refractivity contribution in [3.63, 3.8) is 0 Å². The van der Waals surface area contributed by atoms with Crippen LogP contribution in [0.4, 0.5) is 10.5 Å². The molecule has 0 fully saturated rings. The number of carbonyl (C=O) groups excluding carboxylic acids is 3. The number of esters is 1. The maximum atomic E-state index is 11.7. The van der Waals surface area contributed by atoms with Crippen molar-refractivity contribution in [3.05, 3.63) is 53.0 Å². The molecule has 28 heavy (non-hydrogen) atoms. The van der Waals surface area contributed by atoms with E-state index in [1.807, 2.05) is 16.8 Å². The van der Waals surface area contributed by atoms with Crippen LogP contribution in [0, 0.1) is 0 Å². The molecule has 0 atom stereocenters. The van der Waals surface area contributed by atoms with Crippen molar-refractivity contribution in [2.45, 2.75) is 12.8 Å². The Morgan fingerprint density at radius 1 is 1.14 bits per heavy atom. The third kappa shape index (κ3) is 5.74. The number of aromatic nitrogens is 2. The second kappa shape index (κ2) is 9.42. The molecule has 0 aliphatic rings. The Bertz CT molecular complexity index is 940. The van der Waals surface area contributed by atoms with Crippen molar-refractivity contribution >= 4 is 34.9 Å². The molecule has 0 radical (unpaired) electrons. The Hall–Kier alpha value is -3.53. The summed E-state index contributed by atoms with van der Waals surface area (Å²) in [5, 5.41) is 12.2. The van der Waals surface area contributed by atoms with Crippen LogP contribution >= 0.6 is 11.3 Å². The number of amides is 3. The van der Waals surface area contributed by atoms with Gasteiger partial charge in [0.15, 0.2) is 6.61 Å². The molecule has 3 aromatic rings. The average molecular weight is 400 g/mol. The fraction of sp³-hybridized carbons (Fsp3) is 0.167. The van der Waals surface area contributed by atoms with E-state index in [1.165, 1.54) is 11.3 Å². The van der Waals surface area contributed by atoms with Crippen molar-refractivity contribution in [3.8, 4) is 11.4 Å². The number of ether oxygens (including phenoxy) is 1. The minimum Gasteiger partial charge on any atom is -0.456 e. The highest BCUT2D eigenvalue weighted by atomic mass is 32.1. The lowest BCUT2D eigenvalue weighted by atomic mass is 10.3. The van der Waals surface area contributed by atoms with Crippen LogP contribution in [-0.2, 0) is 20.7 Å². The van der Waals surface area contributed by atoms with Crippen LogP contribution in [-0.4, -0.2) is 34.7 Å². The van der Waals surface area contributed by atoms with E-state index in [9.17, 15) is 14.4 Å². The van der Waals surface area contributed by atoms with Crippen molar-refractivity contribution in [1.29, 1.82) is 0 Å². The second-order valence-corrected chi connectivity index (χ2v) is 6.33. The largest absolute Gasteiger partial charge is 0.456 e. The highest BCUT2D eigenvalue weighted by molar-refractivity contribution is 7.08. The van der Waals surface area contributed by atoms with Crippen LogP contribution in [0.25, 0.3) is 11.4 Å². The predicted molar refractivity (Wildman–Crippen MR) is 100 cm³/mol. The third-order valence-electron chi connectivity index (χ3n) is 3.44. The molecule has 2 N–H and O–H groups in total. The number of nitrogens with one attached hydrogen (secondary N) is 2.